The monoisotopic (exact) mass is 677 g/mol. The van der Waals surface area contributed by atoms with Gasteiger partial charge < -0.3 is 26.2 Å². The number of carbonyl (C=O) groups is 1. The average molecular weight is 677 g/mol. The van der Waals surface area contributed by atoms with Crippen LogP contribution in [-0.2, 0) is 18.4 Å². The molecule has 0 heterocycles. The van der Waals surface area contributed by atoms with E-state index in [0.29, 0.717) is 12.8 Å². The molecule has 46 heavy (non-hydrogen) atoms. The summed E-state index contributed by atoms with van der Waals surface area (Å²) < 4.78 is 22.0. The second kappa shape index (κ2) is 32.7. The number of phosphoric ester groups is 1. The van der Waals surface area contributed by atoms with Gasteiger partial charge in [-0.3, -0.25) is 13.8 Å². The van der Waals surface area contributed by atoms with Crippen molar-refractivity contribution in [1.29, 1.82) is 0 Å². The lowest BCUT2D eigenvalue weighted by molar-refractivity contribution is -0.125. The third-order valence-electron chi connectivity index (χ3n) is 8.42. The van der Waals surface area contributed by atoms with E-state index in [1.54, 1.807) is 0 Å². The SMILES string of the molecule is CCCCCCCCCCC/C=C\CCCCCC(O)CC(=O)NC(COP(=O)(O)OCCN)C(O)CCCCCCCCCC. The van der Waals surface area contributed by atoms with Crippen LogP contribution in [0.1, 0.15) is 174 Å². The van der Waals surface area contributed by atoms with Gasteiger partial charge in [0.1, 0.15) is 0 Å². The van der Waals surface area contributed by atoms with E-state index in [9.17, 15) is 24.5 Å². The number of hydrogen-bond acceptors (Lipinski definition) is 7. The average Bonchev–Trinajstić information content (AvgIpc) is 3.03. The Balaban J connectivity index is 4.29. The van der Waals surface area contributed by atoms with Crippen LogP contribution in [0.3, 0.4) is 0 Å². The zero-order chi connectivity index (χ0) is 34.1. The summed E-state index contributed by atoms with van der Waals surface area (Å²) in [4.78, 5) is 22.6. The van der Waals surface area contributed by atoms with Crippen molar-refractivity contribution in [3.05, 3.63) is 12.2 Å². The Morgan fingerprint density at radius 1 is 0.717 bits per heavy atom. The largest absolute Gasteiger partial charge is 0.472 e. The molecule has 0 radical (unpaired) electrons. The van der Waals surface area contributed by atoms with Crippen molar-refractivity contribution >= 4 is 13.7 Å². The first-order valence-corrected chi connectivity index (χ1v) is 20.4. The second-order valence-electron chi connectivity index (χ2n) is 13.0. The summed E-state index contributed by atoms with van der Waals surface area (Å²) in [5.74, 6) is -0.425. The third-order valence-corrected chi connectivity index (χ3v) is 9.41. The molecule has 0 saturated carbocycles. The molecule has 0 spiro atoms. The topological polar surface area (TPSA) is 151 Å². The van der Waals surface area contributed by atoms with Crippen molar-refractivity contribution in [3.63, 3.8) is 0 Å². The molecule has 274 valence electrons. The Hall–Kier alpha value is -0.800. The smallest absolute Gasteiger partial charge is 0.393 e. The number of rotatable bonds is 35. The maximum absolute atomic E-state index is 12.7. The van der Waals surface area contributed by atoms with E-state index in [4.69, 9.17) is 14.8 Å². The van der Waals surface area contributed by atoms with Crippen LogP contribution in [-0.4, -0.2) is 59.0 Å². The first-order valence-electron chi connectivity index (χ1n) is 18.9. The van der Waals surface area contributed by atoms with Gasteiger partial charge in [-0.25, -0.2) is 4.57 Å². The van der Waals surface area contributed by atoms with Gasteiger partial charge in [-0.1, -0.05) is 142 Å². The lowest BCUT2D eigenvalue weighted by Crippen LogP contribution is -2.47. The van der Waals surface area contributed by atoms with Gasteiger partial charge in [0.05, 0.1) is 37.9 Å². The summed E-state index contributed by atoms with van der Waals surface area (Å²) in [6, 6.07) is -0.895. The minimum atomic E-state index is -4.36. The summed E-state index contributed by atoms with van der Waals surface area (Å²) in [7, 11) is -4.36. The Morgan fingerprint density at radius 3 is 1.70 bits per heavy atom. The number of nitrogens with one attached hydrogen (secondary N) is 1. The normalized spacial score (nSPS) is 15.2. The molecule has 0 aromatic carbocycles. The van der Waals surface area contributed by atoms with Crippen LogP contribution in [0.2, 0.25) is 0 Å². The van der Waals surface area contributed by atoms with E-state index in [0.717, 1.165) is 51.4 Å². The van der Waals surface area contributed by atoms with Crippen LogP contribution < -0.4 is 11.1 Å². The van der Waals surface area contributed by atoms with E-state index in [1.807, 2.05) is 0 Å². The van der Waals surface area contributed by atoms with Crippen molar-refractivity contribution in [1.82, 2.24) is 5.32 Å². The zero-order valence-electron chi connectivity index (χ0n) is 29.7. The number of aliphatic hydroxyl groups excluding tert-OH is 2. The summed E-state index contributed by atoms with van der Waals surface area (Å²) in [6.45, 7) is 3.98. The Labute approximate surface area is 282 Å². The molecule has 6 N–H and O–H groups in total. The molecule has 10 heteroatoms. The highest BCUT2D eigenvalue weighted by Crippen LogP contribution is 2.43. The quantitative estimate of drug-likeness (QED) is 0.0254. The number of nitrogens with two attached hydrogens (primary N) is 1. The number of hydrogen-bond donors (Lipinski definition) is 5. The van der Waals surface area contributed by atoms with Gasteiger partial charge in [0, 0.05) is 6.54 Å². The Morgan fingerprint density at radius 2 is 1.17 bits per heavy atom. The van der Waals surface area contributed by atoms with Gasteiger partial charge in [0.15, 0.2) is 0 Å². The van der Waals surface area contributed by atoms with E-state index in [2.05, 4.69) is 31.3 Å². The minimum Gasteiger partial charge on any atom is -0.393 e. The highest BCUT2D eigenvalue weighted by Gasteiger charge is 2.28. The molecule has 0 bridgehead atoms. The van der Waals surface area contributed by atoms with Crippen LogP contribution in [0.25, 0.3) is 0 Å². The van der Waals surface area contributed by atoms with Crippen LogP contribution in [0.4, 0.5) is 0 Å². The van der Waals surface area contributed by atoms with E-state index in [-0.39, 0.29) is 26.2 Å². The first kappa shape index (κ1) is 45.2. The van der Waals surface area contributed by atoms with Crippen LogP contribution in [0, 0.1) is 0 Å². The van der Waals surface area contributed by atoms with Crippen molar-refractivity contribution in [3.8, 4) is 0 Å². The predicted molar refractivity (Wildman–Crippen MR) is 191 cm³/mol. The number of phosphoric acid groups is 1. The van der Waals surface area contributed by atoms with Crippen LogP contribution in [0.5, 0.6) is 0 Å². The lowest BCUT2D eigenvalue weighted by Gasteiger charge is -2.25. The minimum absolute atomic E-state index is 0.0587. The summed E-state index contributed by atoms with van der Waals surface area (Å²) in [5, 5.41) is 23.9. The van der Waals surface area contributed by atoms with Crippen molar-refractivity contribution in [2.24, 2.45) is 5.73 Å². The van der Waals surface area contributed by atoms with E-state index < -0.39 is 32.0 Å². The molecule has 0 aliphatic carbocycles. The first-order chi connectivity index (χ1) is 22.3. The second-order valence-corrected chi connectivity index (χ2v) is 14.4. The Kier molecular flexibility index (Phi) is 32.2. The standard InChI is InChI=1S/C36H73N2O7P/c1-3-5-7-9-11-13-14-15-16-17-18-19-20-21-23-25-27-33(39)31-36(41)38-34(32-45-46(42,43)44-30-29-37)35(40)28-26-24-22-12-10-8-6-4-2/h18-19,33-35,39-40H,3-17,20-32,37H2,1-2H3,(H,38,41)(H,42,43)/b19-18-. The van der Waals surface area contributed by atoms with E-state index in [1.165, 1.54) is 89.9 Å². The summed E-state index contributed by atoms with van der Waals surface area (Å²) >= 11 is 0. The molecule has 0 saturated heterocycles. The number of carbonyl (C=O) groups excluding carboxylic acids is 1. The van der Waals surface area contributed by atoms with Gasteiger partial charge in [-0.15, -0.1) is 0 Å². The highest BCUT2D eigenvalue weighted by atomic mass is 31.2. The Bertz CT molecular complexity index is 756. The number of unbranched alkanes of at least 4 members (excludes halogenated alkanes) is 19. The molecule has 0 fully saturated rings. The third kappa shape index (κ3) is 30.5. The maximum atomic E-state index is 12.7. The van der Waals surface area contributed by atoms with Gasteiger partial charge in [0.2, 0.25) is 5.91 Å². The van der Waals surface area contributed by atoms with Crippen LogP contribution >= 0.6 is 7.82 Å². The maximum Gasteiger partial charge on any atom is 0.472 e. The van der Waals surface area contributed by atoms with Crippen LogP contribution in [0.15, 0.2) is 12.2 Å². The van der Waals surface area contributed by atoms with Gasteiger partial charge in [-0.05, 0) is 38.5 Å². The molecule has 4 unspecified atom stereocenters. The molecular weight excluding hydrogens is 603 g/mol. The van der Waals surface area contributed by atoms with E-state index >= 15 is 0 Å². The fourth-order valence-corrected chi connectivity index (χ4v) is 6.29. The molecule has 0 aromatic rings. The predicted octanol–water partition coefficient (Wildman–Crippen LogP) is 8.63. The highest BCUT2D eigenvalue weighted by molar-refractivity contribution is 7.47. The fraction of sp³-hybridized carbons (Fsp3) is 0.917. The molecule has 0 aliphatic rings. The van der Waals surface area contributed by atoms with Gasteiger partial charge in [0.25, 0.3) is 0 Å². The molecule has 9 nitrogen and oxygen atoms in total. The van der Waals surface area contributed by atoms with Gasteiger partial charge in [-0.2, -0.15) is 0 Å². The summed E-state index contributed by atoms with van der Waals surface area (Å²) in [6.07, 6.45) is 29.8. The number of amides is 1. The lowest BCUT2D eigenvalue weighted by atomic mass is 10.0. The molecule has 0 aliphatic heterocycles. The van der Waals surface area contributed by atoms with Crippen molar-refractivity contribution in [2.75, 3.05) is 19.8 Å². The zero-order valence-corrected chi connectivity index (χ0v) is 30.6. The molecular formula is C36H73N2O7P. The number of aliphatic hydroxyl groups is 2. The van der Waals surface area contributed by atoms with Gasteiger partial charge >= 0.3 is 7.82 Å². The van der Waals surface area contributed by atoms with Crippen molar-refractivity contribution < 1.29 is 33.5 Å². The fourth-order valence-electron chi connectivity index (χ4n) is 5.53. The summed E-state index contributed by atoms with van der Waals surface area (Å²) in [5.41, 5.74) is 5.33. The molecule has 0 aromatic heterocycles. The molecule has 1 amide bonds. The molecule has 0 rings (SSSR count). The van der Waals surface area contributed by atoms with Crippen molar-refractivity contribution in [2.45, 2.75) is 193 Å². The number of allylic oxidation sites excluding steroid dienone is 2. The molecule has 4 atom stereocenters.